The lowest BCUT2D eigenvalue weighted by Gasteiger charge is -2.35. The summed E-state index contributed by atoms with van der Waals surface area (Å²) in [6.45, 7) is 1.28. The van der Waals surface area contributed by atoms with Crippen LogP contribution >= 0.6 is 0 Å². The largest absolute Gasteiger partial charge is 0.419 e. The van der Waals surface area contributed by atoms with Crippen LogP contribution in [-0.4, -0.2) is 40.5 Å². The molecule has 2 rings (SSSR count). The third-order valence-corrected chi connectivity index (χ3v) is 4.06. The van der Waals surface area contributed by atoms with Gasteiger partial charge in [-0.2, -0.15) is 18.4 Å². The number of allylic oxidation sites excluding steroid dienone is 4. The van der Waals surface area contributed by atoms with Crippen molar-refractivity contribution in [3.05, 3.63) is 23.4 Å². The second-order valence-electron chi connectivity index (χ2n) is 5.10. The third-order valence-electron chi connectivity index (χ3n) is 4.06. The van der Waals surface area contributed by atoms with Gasteiger partial charge in [0.15, 0.2) is 5.60 Å². The van der Waals surface area contributed by atoms with Crippen molar-refractivity contribution in [1.82, 2.24) is 4.90 Å². The topological polar surface area (TPSA) is 47.3 Å². The Labute approximate surface area is 113 Å². The predicted molar refractivity (Wildman–Crippen MR) is 63.1 cm³/mol. The first-order chi connectivity index (χ1) is 9.20. The summed E-state index contributed by atoms with van der Waals surface area (Å²) in [6, 6.07) is 0.528. The molecule has 1 N–H and O–H groups in total. The lowest BCUT2D eigenvalue weighted by molar-refractivity contribution is -0.264. The van der Waals surface area contributed by atoms with Crippen LogP contribution in [0.15, 0.2) is 23.4 Å². The Bertz CT molecular complexity index is 505. The van der Waals surface area contributed by atoms with Gasteiger partial charge in [0.2, 0.25) is 0 Å². The molecule has 1 aliphatic heterocycles. The summed E-state index contributed by atoms with van der Waals surface area (Å²) in [5.41, 5.74) is -2.44. The molecular weight excluding hydrogens is 276 g/mol. The summed E-state index contributed by atoms with van der Waals surface area (Å²) >= 11 is 0. The summed E-state index contributed by atoms with van der Waals surface area (Å²) in [5.74, 6) is 0. The van der Waals surface area contributed by atoms with E-state index in [0.717, 1.165) is 0 Å². The van der Waals surface area contributed by atoms with Crippen LogP contribution < -0.4 is 0 Å². The Kier molecular flexibility index (Phi) is 3.54. The smallest absolute Gasteiger partial charge is 0.379 e. The highest BCUT2D eigenvalue weighted by Gasteiger charge is 2.61. The zero-order chi connectivity index (χ0) is 15.1. The molecule has 0 aromatic rings. The first kappa shape index (κ1) is 14.9. The number of hydrogen-bond acceptors (Lipinski definition) is 3. The molecular formula is C13H14F4N2O. The molecule has 2 aliphatic rings. The molecule has 1 unspecified atom stereocenters. The van der Waals surface area contributed by atoms with Gasteiger partial charge in [-0.1, -0.05) is 0 Å². The molecule has 1 fully saturated rings. The van der Waals surface area contributed by atoms with Crippen molar-refractivity contribution in [1.29, 1.82) is 5.26 Å². The minimum Gasteiger partial charge on any atom is -0.379 e. The van der Waals surface area contributed by atoms with Gasteiger partial charge in [-0.3, -0.25) is 0 Å². The van der Waals surface area contributed by atoms with Crippen LogP contribution in [-0.2, 0) is 0 Å². The second kappa shape index (κ2) is 4.77. The SMILES string of the molecule is C[C@@H]1N(C2=CC=C(C#N)C(F)C2)CC[C@@]1(O)C(F)(F)F. The van der Waals surface area contributed by atoms with E-state index in [1.807, 2.05) is 0 Å². The standard InChI is InChI=1S/C13H14F4N2O/c1-8-12(20,13(15,16)17)4-5-19(8)10-3-2-9(7-18)11(14)6-10/h2-3,8,11,20H,4-6H2,1H3/t8-,11?,12-/m0/s1. The summed E-state index contributed by atoms with van der Waals surface area (Å²) in [6.07, 6.45) is -4.08. The van der Waals surface area contributed by atoms with E-state index in [9.17, 15) is 22.7 Å². The molecule has 0 aromatic heterocycles. The monoisotopic (exact) mass is 290 g/mol. The van der Waals surface area contributed by atoms with Crippen LogP contribution in [0.3, 0.4) is 0 Å². The van der Waals surface area contributed by atoms with Gasteiger partial charge in [-0.15, -0.1) is 0 Å². The first-order valence-electron chi connectivity index (χ1n) is 6.21. The zero-order valence-corrected chi connectivity index (χ0v) is 10.8. The Balaban J connectivity index is 2.24. The normalized spacial score (nSPS) is 34.5. The van der Waals surface area contributed by atoms with Crippen LogP contribution in [0.2, 0.25) is 0 Å². The molecule has 0 bridgehead atoms. The summed E-state index contributed by atoms with van der Waals surface area (Å²) in [5, 5.41) is 18.5. The number of aliphatic hydroxyl groups is 1. The van der Waals surface area contributed by atoms with E-state index in [0.29, 0.717) is 5.70 Å². The van der Waals surface area contributed by atoms with Gasteiger partial charge in [0.25, 0.3) is 0 Å². The molecule has 0 amide bonds. The van der Waals surface area contributed by atoms with Gasteiger partial charge in [0.05, 0.1) is 17.7 Å². The molecule has 7 heteroatoms. The van der Waals surface area contributed by atoms with E-state index in [1.54, 1.807) is 6.07 Å². The molecule has 1 heterocycles. The van der Waals surface area contributed by atoms with Crippen LogP contribution in [0, 0.1) is 11.3 Å². The maximum atomic E-state index is 13.7. The summed E-state index contributed by atoms with van der Waals surface area (Å²) < 4.78 is 52.4. The van der Waals surface area contributed by atoms with E-state index >= 15 is 0 Å². The fourth-order valence-electron chi connectivity index (χ4n) is 2.69. The molecule has 1 aliphatic carbocycles. The lowest BCUT2D eigenvalue weighted by atomic mass is 9.94. The average Bonchev–Trinajstić information content (AvgIpc) is 2.67. The number of hydrogen-bond donors (Lipinski definition) is 1. The summed E-state index contributed by atoms with van der Waals surface area (Å²) in [7, 11) is 0. The van der Waals surface area contributed by atoms with Crippen molar-refractivity contribution in [2.45, 2.75) is 43.8 Å². The van der Waals surface area contributed by atoms with Gasteiger partial charge in [-0.05, 0) is 19.1 Å². The number of nitriles is 1. The van der Waals surface area contributed by atoms with Crippen molar-refractivity contribution < 1.29 is 22.7 Å². The number of rotatable bonds is 1. The van der Waals surface area contributed by atoms with Gasteiger partial charge < -0.3 is 10.0 Å². The fourth-order valence-corrected chi connectivity index (χ4v) is 2.69. The maximum Gasteiger partial charge on any atom is 0.419 e. The maximum absolute atomic E-state index is 13.7. The molecule has 0 radical (unpaired) electrons. The van der Waals surface area contributed by atoms with E-state index in [-0.39, 0.29) is 18.5 Å². The molecule has 3 atom stereocenters. The minimum absolute atomic E-state index is 0.00541. The van der Waals surface area contributed by atoms with Crippen LogP contribution in [0.1, 0.15) is 19.8 Å². The minimum atomic E-state index is -4.72. The van der Waals surface area contributed by atoms with Gasteiger partial charge >= 0.3 is 6.18 Å². The molecule has 0 saturated carbocycles. The Morgan fingerprint density at radius 1 is 1.45 bits per heavy atom. The fraction of sp³-hybridized carbons (Fsp3) is 0.615. The second-order valence-corrected chi connectivity index (χ2v) is 5.10. The van der Waals surface area contributed by atoms with Crippen LogP contribution in [0.25, 0.3) is 0 Å². The Morgan fingerprint density at radius 2 is 2.10 bits per heavy atom. The van der Waals surface area contributed by atoms with E-state index in [2.05, 4.69) is 0 Å². The Hall–Kier alpha value is -1.55. The zero-order valence-electron chi connectivity index (χ0n) is 10.8. The van der Waals surface area contributed by atoms with Crippen molar-refractivity contribution in [3.8, 4) is 6.07 Å². The van der Waals surface area contributed by atoms with Crippen molar-refractivity contribution in [2.24, 2.45) is 0 Å². The number of likely N-dealkylation sites (tertiary alicyclic amines) is 1. The number of halogens is 4. The highest BCUT2D eigenvalue weighted by molar-refractivity contribution is 5.36. The highest BCUT2D eigenvalue weighted by atomic mass is 19.4. The molecule has 0 spiro atoms. The van der Waals surface area contributed by atoms with Crippen LogP contribution in [0.5, 0.6) is 0 Å². The predicted octanol–water partition coefficient (Wildman–Crippen LogP) is 2.45. The van der Waals surface area contributed by atoms with Gasteiger partial charge in [-0.25, -0.2) is 4.39 Å². The van der Waals surface area contributed by atoms with Crippen LogP contribution in [0.4, 0.5) is 17.6 Å². The van der Waals surface area contributed by atoms with E-state index in [1.165, 1.54) is 24.0 Å². The first-order valence-corrected chi connectivity index (χ1v) is 6.21. The lowest BCUT2D eigenvalue weighted by Crippen LogP contribution is -2.53. The molecule has 1 saturated heterocycles. The third kappa shape index (κ3) is 2.18. The van der Waals surface area contributed by atoms with Gasteiger partial charge in [0, 0.05) is 25.1 Å². The number of nitrogens with zero attached hydrogens (tertiary/aromatic N) is 2. The van der Waals surface area contributed by atoms with Crippen molar-refractivity contribution >= 4 is 0 Å². The highest BCUT2D eigenvalue weighted by Crippen LogP contribution is 2.44. The molecule has 20 heavy (non-hydrogen) atoms. The quantitative estimate of drug-likeness (QED) is 0.755. The summed E-state index contributed by atoms with van der Waals surface area (Å²) in [4.78, 5) is 1.37. The van der Waals surface area contributed by atoms with Gasteiger partial charge in [0.1, 0.15) is 6.17 Å². The molecule has 0 aromatic carbocycles. The van der Waals surface area contributed by atoms with E-state index in [4.69, 9.17) is 5.26 Å². The molecule has 110 valence electrons. The van der Waals surface area contributed by atoms with E-state index < -0.39 is 30.4 Å². The Morgan fingerprint density at radius 3 is 2.55 bits per heavy atom. The number of alkyl halides is 4. The molecule has 3 nitrogen and oxygen atoms in total. The average molecular weight is 290 g/mol. The van der Waals surface area contributed by atoms with Crippen molar-refractivity contribution in [3.63, 3.8) is 0 Å². The van der Waals surface area contributed by atoms with Crippen molar-refractivity contribution in [2.75, 3.05) is 6.54 Å².